The van der Waals surface area contributed by atoms with Crippen molar-refractivity contribution in [3.63, 3.8) is 0 Å². The van der Waals surface area contributed by atoms with Crippen molar-refractivity contribution in [1.82, 2.24) is 0 Å². The molecule has 5 aromatic rings. The molecule has 49 heavy (non-hydrogen) atoms. The van der Waals surface area contributed by atoms with Crippen molar-refractivity contribution >= 4 is 17.7 Å². The summed E-state index contributed by atoms with van der Waals surface area (Å²) in [5.41, 5.74) is 1.06. The minimum atomic E-state index is -1.17. The third kappa shape index (κ3) is 8.73. The number of nitriles is 1. The van der Waals surface area contributed by atoms with Crippen LogP contribution in [0.5, 0.6) is 23.0 Å². The van der Waals surface area contributed by atoms with Gasteiger partial charge in [-0.15, -0.1) is 11.8 Å². The second-order valence-corrected chi connectivity index (χ2v) is 12.9. The van der Waals surface area contributed by atoms with Gasteiger partial charge in [0.2, 0.25) is 6.10 Å². The van der Waals surface area contributed by atoms with Crippen molar-refractivity contribution in [2.45, 2.75) is 38.2 Å². The van der Waals surface area contributed by atoms with E-state index in [0.29, 0.717) is 28.6 Å². The summed E-state index contributed by atoms with van der Waals surface area (Å²) in [7, 11) is 0. The quantitative estimate of drug-likeness (QED) is 0.0750. The first-order chi connectivity index (χ1) is 23.8. The molecule has 0 fully saturated rings. The van der Waals surface area contributed by atoms with E-state index in [9.17, 15) is 10.1 Å². The van der Waals surface area contributed by atoms with Crippen LogP contribution in [0.1, 0.15) is 43.6 Å². The van der Waals surface area contributed by atoms with E-state index in [0.717, 1.165) is 16.0 Å². The van der Waals surface area contributed by atoms with Crippen molar-refractivity contribution in [2.24, 2.45) is 17.3 Å². The van der Waals surface area contributed by atoms with E-state index in [1.165, 1.54) is 0 Å². The number of thioether (sulfide) groups is 1. The van der Waals surface area contributed by atoms with Crippen LogP contribution in [0.3, 0.4) is 0 Å². The van der Waals surface area contributed by atoms with Gasteiger partial charge in [-0.05, 0) is 90.9 Å². The van der Waals surface area contributed by atoms with E-state index in [-0.39, 0.29) is 12.3 Å². The molecule has 0 aliphatic carbocycles. The van der Waals surface area contributed by atoms with Gasteiger partial charge in [-0.25, -0.2) is 0 Å². The second kappa shape index (κ2) is 16.6. The van der Waals surface area contributed by atoms with Crippen molar-refractivity contribution in [3.05, 3.63) is 150 Å². The lowest BCUT2D eigenvalue weighted by atomic mass is 9.64. The van der Waals surface area contributed by atoms with Gasteiger partial charge >= 0.3 is 5.97 Å². The van der Waals surface area contributed by atoms with E-state index in [2.05, 4.69) is 17.9 Å². The average molecular weight is 666 g/mol. The third-order valence-corrected chi connectivity index (χ3v) is 9.36. The summed E-state index contributed by atoms with van der Waals surface area (Å²) in [5, 5.41) is 10.3. The minimum Gasteiger partial charge on any atom is -0.457 e. The van der Waals surface area contributed by atoms with Crippen LogP contribution in [-0.2, 0) is 16.0 Å². The van der Waals surface area contributed by atoms with Crippen LogP contribution < -0.4 is 9.47 Å². The average Bonchev–Trinajstić information content (AvgIpc) is 3.13. The molecular formula is C43H39NO4S. The molecule has 5 nitrogen and oxygen atoms in total. The number of hydrogen-bond donors (Lipinski definition) is 0. The van der Waals surface area contributed by atoms with Crippen LogP contribution in [0.4, 0.5) is 0 Å². The number of hydrogen-bond acceptors (Lipinski definition) is 6. The fourth-order valence-corrected chi connectivity index (χ4v) is 6.18. The molecule has 0 aliphatic rings. The van der Waals surface area contributed by atoms with Gasteiger partial charge in [0.05, 0.1) is 5.41 Å². The molecular weight excluding hydrogens is 627 g/mol. The predicted molar refractivity (Wildman–Crippen MR) is 196 cm³/mol. The van der Waals surface area contributed by atoms with Crippen LogP contribution in [0.25, 0.3) is 0 Å². The summed E-state index contributed by atoms with van der Waals surface area (Å²) in [6, 6.07) is 44.0. The van der Waals surface area contributed by atoms with Gasteiger partial charge in [0.25, 0.3) is 0 Å². The lowest BCUT2D eigenvalue weighted by molar-refractivity contribution is -0.165. The largest absolute Gasteiger partial charge is 0.457 e. The molecule has 0 aromatic heterocycles. The molecule has 6 heteroatoms. The highest BCUT2D eigenvalue weighted by Gasteiger charge is 2.49. The number of carbonyl (C=O) groups is 1. The summed E-state index contributed by atoms with van der Waals surface area (Å²) >= 11 is 1.67. The van der Waals surface area contributed by atoms with Gasteiger partial charge in [0, 0.05) is 21.9 Å². The number of nitrogens with zero attached hydrogens (tertiary/aromatic N) is 1. The molecule has 3 unspecified atom stereocenters. The molecule has 3 atom stereocenters. The molecule has 0 saturated heterocycles. The van der Waals surface area contributed by atoms with Crippen LogP contribution in [0, 0.1) is 40.4 Å². The molecule has 0 bridgehead atoms. The van der Waals surface area contributed by atoms with Crippen LogP contribution in [-0.4, -0.2) is 12.2 Å². The SMILES string of the molecule is CSc1ccc(C#CC(C)C(Cc2ccccc2Oc2ccccc2)(C(=O)OC(C#N)c2cccc(Oc3ccccc3)c2)C(C)C)cc1. The van der Waals surface area contributed by atoms with E-state index >= 15 is 0 Å². The highest BCUT2D eigenvalue weighted by Crippen LogP contribution is 2.44. The zero-order valence-electron chi connectivity index (χ0n) is 28.1. The molecule has 0 N–H and O–H groups in total. The topological polar surface area (TPSA) is 68.5 Å². The van der Waals surface area contributed by atoms with Gasteiger partial charge in [0.1, 0.15) is 29.1 Å². The normalized spacial score (nSPS) is 13.1. The van der Waals surface area contributed by atoms with E-state index in [1.54, 1.807) is 36.0 Å². The van der Waals surface area contributed by atoms with Crippen LogP contribution in [0.15, 0.2) is 138 Å². The molecule has 0 radical (unpaired) electrons. The van der Waals surface area contributed by atoms with Gasteiger partial charge < -0.3 is 14.2 Å². The standard InChI is InChI=1S/C43H39NO4S/c1-31(2)43(32(3)22-23-33-24-26-39(49-4)27-25-33,29-35-14-11-12-21-40(35)47-37-18-9-6-10-19-37)42(45)48-41(30-44)34-15-13-20-38(28-34)46-36-16-7-5-8-17-36/h5-21,24-28,31-32,41H,29H2,1-4H3. The van der Waals surface area contributed by atoms with E-state index in [4.69, 9.17) is 14.2 Å². The second-order valence-electron chi connectivity index (χ2n) is 12.0. The highest BCUT2D eigenvalue weighted by molar-refractivity contribution is 7.98. The Morgan fingerprint density at radius 3 is 2.00 bits per heavy atom. The van der Waals surface area contributed by atoms with Crippen molar-refractivity contribution in [2.75, 3.05) is 6.26 Å². The lowest BCUT2D eigenvalue weighted by Crippen LogP contribution is -2.45. The van der Waals surface area contributed by atoms with Crippen molar-refractivity contribution in [1.29, 1.82) is 5.26 Å². The smallest absolute Gasteiger partial charge is 0.315 e. The molecule has 246 valence electrons. The Hall–Kier alpha value is -5.43. The van der Waals surface area contributed by atoms with Gasteiger partial charge in [-0.1, -0.05) is 99.3 Å². The molecule has 0 saturated carbocycles. The van der Waals surface area contributed by atoms with E-state index < -0.39 is 23.4 Å². The Morgan fingerprint density at radius 2 is 1.37 bits per heavy atom. The van der Waals surface area contributed by atoms with Crippen molar-refractivity contribution in [3.8, 4) is 40.9 Å². The summed E-state index contributed by atoms with van der Waals surface area (Å²) in [4.78, 5) is 15.9. The zero-order chi connectivity index (χ0) is 34.6. The van der Waals surface area contributed by atoms with Gasteiger partial charge in [-0.3, -0.25) is 4.79 Å². The molecule has 0 spiro atoms. The molecule has 5 aromatic carbocycles. The molecule has 0 heterocycles. The summed E-state index contributed by atoms with van der Waals surface area (Å²) in [6.45, 7) is 5.97. The number of rotatable bonds is 12. The number of para-hydroxylation sites is 3. The fraction of sp³-hybridized carbons (Fsp3) is 0.209. The first kappa shape index (κ1) is 34.9. The summed E-state index contributed by atoms with van der Waals surface area (Å²) in [5.74, 6) is 8.04. The monoisotopic (exact) mass is 665 g/mol. The fourth-order valence-electron chi connectivity index (χ4n) is 5.77. The summed E-state index contributed by atoms with van der Waals surface area (Å²) < 4.78 is 18.5. The Labute approximate surface area is 293 Å². The first-order valence-electron chi connectivity index (χ1n) is 16.2. The minimum absolute atomic E-state index is 0.222. The molecule has 5 rings (SSSR count). The maximum Gasteiger partial charge on any atom is 0.315 e. The van der Waals surface area contributed by atoms with Crippen LogP contribution >= 0.6 is 11.8 Å². The number of ether oxygens (including phenoxy) is 3. The van der Waals surface area contributed by atoms with E-state index in [1.807, 2.05) is 136 Å². The first-order valence-corrected chi connectivity index (χ1v) is 17.4. The van der Waals surface area contributed by atoms with Gasteiger partial charge in [-0.2, -0.15) is 5.26 Å². The number of benzene rings is 5. The number of esters is 1. The zero-order valence-corrected chi connectivity index (χ0v) is 28.9. The Kier molecular flexibility index (Phi) is 11.8. The summed E-state index contributed by atoms with van der Waals surface area (Å²) in [6.07, 6.45) is 1.15. The number of carbonyl (C=O) groups excluding carboxylic acids is 1. The van der Waals surface area contributed by atoms with Crippen LogP contribution in [0.2, 0.25) is 0 Å². The Balaban J connectivity index is 1.51. The Morgan fingerprint density at radius 1 is 0.755 bits per heavy atom. The van der Waals surface area contributed by atoms with Crippen molar-refractivity contribution < 1.29 is 19.0 Å². The lowest BCUT2D eigenvalue weighted by Gasteiger charge is -2.39. The highest BCUT2D eigenvalue weighted by atomic mass is 32.2. The van der Waals surface area contributed by atoms with Gasteiger partial charge in [0.15, 0.2) is 0 Å². The molecule has 0 aliphatic heterocycles. The maximum absolute atomic E-state index is 14.7. The Bertz CT molecular complexity index is 1940. The maximum atomic E-state index is 14.7. The third-order valence-electron chi connectivity index (χ3n) is 8.61. The predicted octanol–water partition coefficient (Wildman–Crippen LogP) is 10.7. The molecule has 0 amide bonds.